The van der Waals surface area contributed by atoms with Gasteiger partial charge in [0, 0.05) is 58.4 Å². The fourth-order valence-electron chi connectivity index (χ4n) is 3.57. The van der Waals surface area contributed by atoms with Gasteiger partial charge in [0.25, 0.3) is 0 Å². The van der Waals surface area contributed by atoms with Crippen molar-refractivity contribution in [1.82, 2.24) is 29.7 Å². The number of guanidine groups is 1. The molecule has 1 aliphatic heterocycles. The molecule has 3 heterocycles. The Morgan fingerprint density at radius 1 is 1.18 bits per heavy atom. The molecule has 1 aliphatic rings. The minimum absolute atomic E-state index is 0. The molecule has 2 aromatic rings. The van der Waals surface area contributed by atoms with Crippen LogP contribution in [0, 0.1) is 5.92 Å². The second-order valence-corrected chi connectivity index (χ2v) is 7.57. The van der Waals surface area contributed by atoms with Crippen LogP contribution in [0.5, 0.6) is 0 Å². The van der Waals surface area contributed by atoms with E-state index in [2.05, 4.69) is 50.5 Å². The molecule has 0 saturated carbocycles. The van der Waals surface area contributed by atoms with Gasteiger partial charge in [-0.05, 0) is 31.4 Å². The molecule has 0 bridgehead atoms. The molecule has 7 nitrogen and oxygen atoms in total. The van der Waals surface area contributed by atoms with Crippen molar-refractivity contribution in [2.75, 3.05) is 45.8 Å². The highest BCUT2D eigenvalue weighted by Gasteiger charge is 2.19. The average molecular weight is 499 g/mol. The number of aryl methyl sites for hydroxylation is 1. The Labute approximate surface area is 185 Å². The topological polar surface area (TPSA) is 61.1 Å². The summed E-state index contributed by atoms with van der Waals surface area (Å²) in [6.45, 7) is 13.9. The van der Waals surface area contributed by atoms with Crippen molar-refractivity contribution < 1.29 is 0 Å². The van der Waals surface area contributed by atoms with Gasteiger partial charge in [0.05, 0.1) is 0 Å². The van der Waals surface area contributed by atoms with Crippen LogP contribution in [0.4, 0.5) is 0 Å². The van der Waals surface area contributed by atoms with Crippen LogP contribution < -0.4 is 5.32 Å². The summed E-state index contributed by atoms with van der Waals surface area (Å²) in [4.78, 5) is 9.81. The largest absolute Gasteiger partial charge is 0.357 e. The number of rotatable bonds is 7. The van der Waals surface area contributed by atoms with E-state index in [-0.39, 0.29) is 24.0 Å². The van der Waals surface area contributed by atoms with Crippen LogP contribution in [-0.4, -0.2) is 76.2 Å². The zero-order valence-corrected chi connectivity index (χ0v) is 19.7. The van der Waals surface area contributed by atoms with E-state index >= 15 is 0 Å². The summed E-state index contributed by atoms with van der Waals surface area (Å²) >= 11 is 0. The number of halogens is 1. The van der Waals surface area contributed by atoms with E-state index in [0.29, 0.717) is 0 Å². The molecule has 2 aromatic heterocycles. The molecule has 28 heavy (non-hydrogen) atoms. The van der Waals surface area contributed by atoms with E-state index in [0.717, 1.165) is 75.5 Å². The Morgan fingerprint density at radius 3 is 2.68 bits per heavy atom. The molecule has 156 valence electrons. The average Bonchev–Trinajstić information content (AvgIpc) is 3.08. The Morgan fingerprint density at radius 2 is 1.96 bits per heavy atom. The SMILES string of the molecule is CCNC(=NCCCc1nnc2ccccn12)N1CCN(CC(C)C)CC1.I. The molecule has 0 unspecified atom stereocenters. The van der Waals surface area contributed by atoms with E-state index in [4.69, 9.17) is 4.99 Å². The predicted molar refractivity (Wildman–Crippen MR) is 126 cm³/mol. The van der Waals surface area contributed by atoms with Crippen molar-refractivity contribution in [3.8, 4) is 0 Å². The maximum absolute atomic E-state index is 4.86. The number of nitrogens with one attached hydrogen (secondary N) is 1. The van der Waals surface area contributed by atoms with E-state index in [1.807, 2.05) is 24.4 Å². The van der Waals surface area contributed by atoms with Crippen LogP contribution in [0.1, 0.15) is 33.0 Å². The second-order valence-electron chi connectivity index (χ2n) is 7.57. The van der Waals surface area contributed by atoms with Gasteiger partial charge in [-0.3, -0.25) is 14.3 Å². The lowest BCUT2D eigenvalue weighted by atomic mass is 10.2. The Balaban J connectivity index is 0.00000280. The zero-order chi connectivity index (χ0) is 19.1. The Kier molecular flexibility index (Phi) is 9.43. The summed E-state index contributed by atoms with van der Waals surface area (Å²) in [7, 11) is 0. The van der Waals surface area contributed by atoms with Crippen molar-refractivity contribution in [2.45, 2.75) is 33.6 Å². The molecule has 0 spiro atoms. The number of fused-ring (bicyclic) bond motifs is 1. The zero-order valence-electron chi connectivity index (χ0n) is 17.3. The minimum Gasteiger partial charge on any atom is -0.357 e. The molecule has 3 rings (SSSR count). The molecule has 0 aliphatic carbocycles. The summed E-state index contributed by atoms with van der Waals surface area (Å²) in [6.07, 6.45) is 3.88. The molecule has 1 N–H and O–H groups in total. The monoisotopic (exact) mass is 499 g/mol. The lowest BCUT2D eigenvalue weighted by Crippen LogP contribution is -2.53. The van der Waals surface area contributed by atoms with Gasteiger partial charge in [-0.2, -0.15) is 0 Å². The number of piperazine rings is 1. The minimum atomic E-state index is 0. The fraction of sp³-hybridized carbons (Fsp3) is 0.650. The van der Waals surface area contributed by atoms with Gasteiger partial charge >= 0.3 is 0 Å². The number of nitrogens with zero attached hydrogens (tertiary/aromatic N) is 6. The van der Waals surface area contributed by atoms with Crippen LogP contribution >= 0.6 is 24.0 Å². The maximum Gasteiger partial charge on any atom is 0.194 e. The highest BCUT2D eigenvalue weighted by molar-refractivity contribution is 14.0. The van der Waals surface area contributed by atoms with Crippen LogP contribution in [0.25, 0.3) is 5.65 Å². The molecule has 1 fully saturated rings. The van der Waals surface area contributed by atoms with Gasteiger partial charge in [0.15, 0.2) is 11.6 Å². The van der Waals surface area contributed by atoms with Gasteiger partial charge in [-0.15, -0.1) is 34.2 Å². The van der Waals surface area contributed by atoms with Crippen molar-refractivity contribution in [1.29, 1.82) is 0 Å². The number of hydrogen-bond donors (Lipinski definition) is 1. The van der Waals surface area contributed by atoms with Crippen molar-refractivity contribution in [2.24, 2.45) is 10.9 Å². The van der Waals surface area contributed by atoms with Crippen molar-refractivity contribution >= 4 is 35.6 Å². The fourth-order valence-corrected chi connectivity index (χ4v) is 3.57. The number of hydrogen-bond acceptors (Lipinski definition) is 4. The predicted octanol–water partition coefficient (Wildman–Crippen LogP) is 2.52. The number of aromatic nitrogens is 3. The summed E-state index contributed by atoms with van der Waals surface area (Å²) in [5.74, 6) is 2.78. The summed E-state index contributed by atoms with van der Waals surface area (Å²) < 4.78 is 2.06. The first kappa shape index (κ1) is 22.9. The van der Waals surface area contributed by atoms with Crippen LogP contribution in [-0.2, 0) is 6.42 Å². The Hall–Kier alpha value is -1.42. The quantitative estimate of drug-likeness (QED) is 0.275. The van der Waals surface area contributed by atoms with E-state index in [9.17, 15) is 0 Å². The second kappa shape index (κ2) is 11.5. The van der Waals surface area contributed by atoms with Crippen LogP contribution in [0.15, 0.2) is 29.4 Å². The third kappa shape index (κ3) is 6.30. The molecular weight excluding hydrogens is 465 g/mol. The number of aliphatic imine (C=N–C) groups is 1. The highest BCUT2D eigenvalue weighted by Crippen LogP contribution is 2.07. The molecule has 0 aromatic carbocycles. The maximum atomic E-state index is 4.86. The molecule has 0 atom stereocenters. The molecular formula is C20H34IN7. The van der Waals surface area contributed by atoms with E-state index in [1.54, 1.807) is 0 Å². The normalized spacial score (nSPS) is 15.9. The molecule has 8 heteroatoms. The van der Waals surface area contributed by atoms with Gasteiger partial charge in [0.2, 0.25) is 0 Å². The first-order valence-corrected chi connectivity index (χ1v) is 10.2. The van der Waals surface area contributed by atoms with Crippen molar-refractivity contribution in [3.63, 3.8) is 0 Å². The summed E-state index contributed by atoms with van der Waals surface area (Å²) in [5, 5.41) is 12.0. The van der Waals surface area contributed by atoms with E-state index in [1.165, 1.54) is 6.54 Å². The standard InChI is InChI=1S/C20H33N7.HI/c1-4-21-20(26-14-12-25(13-15-26)16-17(2)3)22-10-7-9-19-24-23-18-8-5-6-11-27(18)19;/h5-6,8,11,17H,4,7,9-10,12-16H2,1-3H3,(H,21,22);1H. The van der Waals surface area contributed by atoms with Crippen LogP contribution in [0.2, 0.25) is 0 Å². The van der Waals surface area contributed by atoms with E-state index < -0.39 is 0 Å². The third-order valence-electron chi connectivity index (χ3n) is 4.83. The van der Waals surface area contributed by atoms with Gasteiger partial charge in [-0.1, -0.05) is 19.9 Å². The lowest BCUT2D eigenvalue weighted by Gasteiger charge is -2.37. The van der Waals surface area contributed by atoms with Gasteiger partial charge in [0.1, 0.15) is 5.82 Å². The number of pyridine rings is 1. The smallest absolute Gasteiger partial charge is 0.194 e. The van der Waals surface area contributed by atoms with Gasteiger partial charge < -0.3 is 10.2 Å². The highest BCUT2D eigenvalue weighted by atomic mass is 127. The molecule has 0 amide bonds. The Bertz CT molecular complexity index is 735. The molecule has 0 radical (unpaired) electrons. The molecule has 1 saturated heterocycles. The summed E-state index contributed by atoms with van der Waals surface area (Å²) in [5.41, 5.74) is 0.906. The first-order valence-electron chi connectivity index (χ1n) is 10.2. The lowest BCUT2D eigenvalue weighted by molar-refractivity contribution is 0.164. The van der Waals surface area contributed by atoms with Crippen molar-refractivity contribution in [3.05, 3.63) is 30.2 Å². The summed E-state index contributed by atoms with van der Waals surface area (Å²) in [6, 6.07) is 5.98. The third-order valence-corrected chi connectivity index (χ3v) is 4.83. The van der Waals surface area contributed by atoms with Crippen LogP contribution in [0.3, 0.4) is 0 Å². The van der Waals surface area contributed by atoms with Gasteiger partial charge in [-0.25, -0.2) is 0 Å². The first-order chi connectivity index (χ1) is 13.2.